The topological polar surface area (TPSA) is 72.7 Å². The molecule has 2 rings (SSSR count). The van der Waals surface area contributed by atoms with E-state index in [1.165, 1.54) is 0 Å². The number of tetrazole rings is 1. The highest BCUT2D eigenvalue weighted by atomic mass is 16.1. The normalized spacial score (nSPS) is 16.9. The molecule has 1 aliphatic carbocycles. The summed E-state index contributed by atoms with van der Waals surface area (Å²) in [5, 5.41) is 14.7. The molecule has 1 amide bonds. The number of hydrogen-bond acceptors (Lipinski definition) is 4. The summed E-state index contributed by atoms with van der Waals surface area (Å²) in [5.41, 5.74) is 0. The fourth-order valence-electron chi connectivity index (χ4n) is 2.12. The molecule has 1 N–H and O–H groups in total. The first-order chi connectivity index (χ1) is 8.67. The molecule has 100 valence electrons. The van der Waals surface area contributed by atoms with E-state index >= 15 is 0 Å². The molecule has 1 atom stereocenters. The average molecular weight is 251 g/mol. The largest absolute Gasteiger partial charge is 0.346 e. The highest BCUT2D eigenvalue weighted by Gasteiger charge is 2.30. The molecular weight excluding hydrogens is 230 g/mol. The maximum atomic E-state index is 12.0. The Hall–Kier alpha value is -1.46. The van der Waals surface area contributed by atoms with E-state index in [9.17, 15) is 4.79 Å². The van der Waals surface area contributed by atoms with Gasteiger partial charge in [-0.1, -0.05) is 13.8 Å². The Morgan fingerprint density at radius 2 is 2.11 bits per heavy atom. The summed E-state index contributed by atoms with van der Waals surface area (Å²) < 4.78 is 1.85. The highest BCUT2D eigenvalue weighted by Crippen LogP contribution is 2.35. The van der Waals surface area contributed by atoms with Crippen LogP contribution in [-0.2, 0) is 4.79 Å². The summed E-state index contributed by atoms with van der Waals surface area (Å²) in [6.07, 6.45) is 3.99. The van der Waals surface area contributed by atoms with Crippen LogP contribution < -0.4 is 5.32 Å². The molecule has 1 aromatic heterocycles. The Labute approximate surface area is 107 Å². The van der Waals surface area contributed by atoms with Crippen LogP contribution in [0.2, 0.25) is 0 Å². The Morgan fingerprint density at radius 3 is 2.67 bits per heavy atom. The second-order valence-electron chi connectivity index (χ2n) is 4.96. The van der Waals surface area contributed by atoms with Gasteiger partial charge in [0.15, 0.2) is 5.82 Å². The average Bonchev–Trinajstić information content (AvgIpc) is 3.08. The van der Waals surface area contributed by atoms with Crippen LogP contribution in [-0.4, -0.2) is 26.1 Å². The van der Waals surface area contributed by atoms with E-state index in [1.807, 2.05) is 25.5 Å². The molecule has 0 aliphatic heterocycles. The lowest BCUT2D eigenvalue weighted by molar-refractivity contribution is -0.125. The van der Waals surface area contributed by atoms with Crippen molar-refractivity contribution < 1.29 is 4.79 Å². The quantitative estimate of drug-likeness (QED) is 0.834. The smallest absolute Gasteiger partial charge is 0.223 e. The van der Waals surface area contributed by atoms with E-state index in [-0.39, 0.29) is 17.9 Å². The van der Waals surface area contributed by atoms with Crippen LogP contribution in [0.15, 0.2) is 0 Å². The molecule has 1 heterocycles. The van der Waals surface area contributed by atoms with Gasteiger partial charge in [-0.3, -0.25) is 4.79 Å². The van der Waals surface area contributed by atoms with Crippen molar-refractivity contribution in [3.05, 3.63) is 5.82 Å². The van der Waals surface area contributed by atoms with Crippen molar-refractivity contribution in [2.24, 2.45) is 5.92 Å². The molecule has 0 spiro atoms. The van der Waals surface area contributed by atoms with E-state index in [0.29, 0.717) is 6.04 Å². The Balaban J connectivity index is 2.00. The van der Waals surface area contributed by atoms with Crippen LogP contribution in [0, 0.1) is 5.92 Å². The zero-order chi connectivity index (χ0) is 13.1. The SMILES string of the molecule is CCC(CC)C(=O)NC(C)c1nnnn1C1CC1. The molecular formula is C12H21N5O. The number of aromatic nitrogens is 4. The molecule has 1 aliphatic rings. The van der Waals surface area contributed by atoms with Crippen molar-refractivity contribution in [2.45, 2.75) is 58.5 Å². The summed E-state index contributed by atoms with van der Waals surface area (Å²) in [6, 6.07) is 0.302. The van der Waals surface area contributed by atoms with E-state index < -0.39 is 0 Å². The first kappa shape index (κ1) is 13.0. The third-order valence-electron chi connectivity index (χ3n) is 3.51. The molecule has 1 fully saturated rings. The van der Waals surface area contributed by atoms with E-state index in [0.717, 1.165) is 31.5 Å². The molecule has 1 unspecified atom stereocenters. The van der Waals surface area contributed by atoms with Crippen molar-refractivity contribution in [1.82, 2.24) is 25.5 Å². The minimum absolute atomic E-state index is 0.0812. The fourth-order valence-corrected chi connectivity index (χ4v) is 2.12. The fraction of sp³-hybridized carbons (Fsp3) is 0.833. The number of amides is 1. The van der Waals surface area contributed by atoms with Crippen LogP contribution in [0.3, 0.4) is 0 Å². The summed E-state index contributed by atoms with van der Waals surface area (Å²) in [7, 11) is 0. The molecule has 0 bridgehead atoms. The van der Waals surface area contributed by atoms with E-state index in [2.05, 4.69) is 20.8 Å². The van der Waals surface area contributed by atoms with Crippen molar-refractivity contribution in [3.8, 4) is 0 Å². The van der Waals surface area contributed by atoms with Crippen LogP contribution in [0.1, 0.15) is 64.4 Å². The van der Waals surface area contributed by atoms with Gasteiger partial charge < -0.3 is 5.32 Å². The van der Waals surface area contributed by atoms with Crippen molar-refractivity contribution >= 4 is 5.91 Å². The predicted octanol–water partition coefficient (Wildman–Crippen LogP) is 1.62. The second-order valence-corrected chi connectivity index (χ2v) is 4.96. The second kappa shape index (κ2) is 5.46. The van der Waals surface area contributed by atoms with Crippen LogP contribution in [0.4, 0.5) is 0 Å². The third kappa shape index (κ3) is 2.68. The molecule has 0 radical (unpaired) electrons. The number of nitrogens with zero attached hydrogens (tertiary/aromatic N) is 4. The summed E-state index contributed by atoms with van der Waals surface area (Å²) in [4.78, 5) is 12.0. The van der Waals surface area contributed by atoms with Gasteiger partial charge in [0.2, 0.25) is 5.91 Å². The standard InChI is InChI=1S/C12H21N5O/c1-4-9(5-2)12(18)13-8(3)11-14-15-16-17(11)10-6-7-10/h8-10H,4-7H2,1-3H3,(H,13,18). The number of rotatable bonds is 6. The van der Waals surface area contributed by atoms with Gasteiger partial charge in [0.05, 0.1) is 12.1 Å². The lowest BCUT2D eigenvalue weighted by atomic mass is 10.0. The van der Waals surface area contributed by atoms with Crippen molar-refractivity contribution in [1.29, 1.82) is 0 Å². The van der Waals surface area contributed by atoms with Gasteiger partial charge in [-0.2, -0.15) is 0 Å². The molecule has 1 saturated carbocycles. The molecule has 0 saturated heterocycles. The minimum atomic E-state index is -0.131. The van der Waals surface area contributed by atoms with E-state index in [1.54, 1.807) is 0 Å². The summed E-state index contributed by atoms with van der Waals surface area (Å²) in [5.74, 6) is 0.937. The van der Waals surface area contributed by atoms with Gasteiger partial charge in [-0.05, 0) is 43.0 Å². The van der Waals surface area contributed by atoms with Gasteiger partial charge in [-0.15, -0.1) is 5.10 Å². The first-order valence-electron chi connectivity index (χ1n) is 6.75. The maximum absolute atomic E-state index is 12.0. The van der Waals surface area contributed by atoms with Crippen LogP contribution in [0.25, 0.3) is 0 Å². The van der Waals surface area contributed by atoms with Gasteiger partial charge >= 0.3 is 0 Å². The van der Waals surface area contributed by atoms with Crippen LogP contribution in [0.5, 0.6) is 0 Å². The van der Waals surface area contributed by atoms with E-state index in [4.69, 9.17) is 0 Å². The first-order valence-corrected chi connectivity index (χ1v) is 6.75. The minimum Gasteiger partial charge on any atom is -0.346 e. The maximum Gasteiger partial charge on any atom is 0.223 e. The summed E-state index contributed by atoms with van der Waals surface area (Å²) >= 11 is 0. The van der Waals surface area contributed by atoms with Gasteiger partial charge in [0, 0.05) is 5.92 Å². The zero-order valence-corrected chi connectivity index (χ0v) is 11.3. The van der Waals surface area contributed by atoms with Gasteiger partial charge in [0.25, 0.3) is 0 Å². The predicted molar refractivity (Wildman–Crippen MR) is 66.7 cm³/mol. The van der Waals surface area contributed by atoms with Gasteiger partial charge in [-0.25, -0.2) is 4.68 Å². The number of nitrogens with one attached hydrogen (secondary N) is 1. The van der Waals surface area contributed by atoms with Crippen molar-refractivity contribution in [2.75, 3.05) is 0 Å². The van der Waals surface area contributed by atoms with Crippen LogP contribution >= 0.6 is 0 Å². The lowest BCUT2D eigenvalue weighted by Crippen LogP contribution is -2.33. The highest BCUT2D eigenvalue weighted by molar-refractivity contribution is 5.78. The monoisotopic (exact) mass is 251 g/mol. The molecule has 18 heavy (non-hydrogen) atoms. The zero-order valence-electron chi connectivity index (χ0n) is 11.3. The third-order valence-corrected chi connectivity index (χ3v) is 3.51. The lowest BCUT2D eigenvalue weighted by Gasteiger charge is -2.17. The number of hydrogen-bond donors (Lipinski definition) is 1. The molecule has 6 nitrogen and oxygen atoms in total. The summed E-state index contributed by atoms with van der Waals surface area (Å²) in [6.45, 7) is 6.00. The Morgan fingerprint density at radius 1 is 1.44 bits per heavy atom. The van der Waals surface area contributed by atoms with Gasteiger partial charge in [0.1, 0.15) is 0 Å². The Bertz CT molecular complexity index is 408. The molecule has 6 heteroatoms. The molecule has 1 aromatic rings. The molecule has 0 aromatic carbocycles. The Kier molecular flexibility index (Phi) is 3.93. The number of carbonyl (C=O) groups is 1. The number of carbonyl (C=O) groups excluding carboxylic acids is 1. The van der Waals surface area contributed by atoms with Crippen molar-refractivity contribution in [3.63, 3.8) is 0 Å².